The molecule has 0 saturated carbocycles. The number of nitrogens with one attached hydrogen (secondary N) is 4. The van der Waals surface area contributed by atoms with E-state index >= 15 is 0 Å². The number of guanidine groups is 1. The molecular weight excluding hydrogens is 282 g/mol. The average molecular weight is 299 g/mol. The van der Waals surface area contributed by atoms with Crippen molar-refractivity contribution in [1.82, 2.24) is 10.6 Å². The normalized spacial score (nSPS) is 19.6. The Morgan fingerprint density at radius 1 is 1.60 bits per heavy atom. The van der Waals surface area contributed by atoms with Crippen molar-refractivity contribution in [2.45, 2.75) is 19.9 Å². The van der Waals surface area contributed by atoms with Crippen LogP contribution >= 0.6 is 11.8 Å². The molecule has 0 fully saturated rings. The summed E-state index contributed by atoms with van der Waals surface area (Å²) in [5.41, 5.74) is 0. The number of thioether (sulfide) groups is 1. The maximum atomic E-state index is 11.6. The molecule has 0 aromatic rings. The molecule has 8 nitrogen and oxygen atoms in total. The van der Waals surface area contributed by atoms with Gasteiger partial charge in [-0.3, -0.25) is 16.1 Å². The summed E-state index contributed by atoms with van der Waals surface area (Å²) in [7, 11) is 0. The zero-order valence-corrected chi connectivity index (χ0v) is 12.0. The molecule has 1 atom stereocenters. The number of esters is 1. The number of rotatable bonds is 4. The molecule has 0 aromatic carbocycles. The molecule has 1 rings (SSSR count). The first-order valence-electron chi connectivity index (χ1n) is 5.88. The highest BCUT2D eigenvalue weighted by molar-refractivity contribution is 8.26. The Bertz CT molecular complexity index is 475. The van der Waals surface area contributed by atoms with Gasteiger partial charge in [0.1, 0.15) is 0 Å². The van der Waals surface area contributed by atoms with Gasteiger partial charge in [-0.25, -0.2) is 9.79 Å². The summed E-state index contributed by atoms with van der Waals surface area (Å²) in [6.07, 6.45) is 1.28. The Labute approximate surface area is 120 Å². The van der Waals surface area contributed by atoms with E-state index in [0.717, 1.165) is 11.8 Å². The summed E-state index contributed by atoms with van der Waals surface area (Å²) in [6.45, 7) is 3.55. The van der Waals surface area contributed by atoms with Gasteiger partial charge in [-0.1, -0.05) is 11.8 Å². The van der Waals surface area contributed by atoms with Crippen LogP contribution in [0.5, 0.6) is 0 Å². The van der Waals surface area contributed by atoms with Crippen LogP contribution in [0.2, 0.25) is 0 Å². The van der Waals surface area contributed by atoms with Gasteiger partial charge in [-0.15, -0.1) is 0 Å². The third kappa shape index (κ3) is 5.31. The molecule has 0 bridgehead atoms. The SMILES string of the molecule is CCOC(=O)C1C=C(O)NC(=NCC(=N)SC(C)=N)N1. The van der Waals surface area contributed by atoms with Crippen molar-refractivity contribution in [1.29, 1.82) is 10.8 Å². The van der Waals surface area contributed by atoms with E-state index in [4.69, 9.17) is 15.6 Å². The summed E-state index contributed by atoms with van der Waals surface area (Å²) < 4.78 is 4.84. The summed E-state index contributed by atoms with van der Waals surface area (Å²) in [5, 5.41) is 30.1. The standard InChI is InChI=1S/C11H17N5O3S/c1-3-19-10(18)7-4-9(17)16-11(15-7)14-5-8(13)20-6(2)12/h4,7,12-13,17H,3,5H2,1-2H3,(H2,14,15,16). The van der Waals surface area contributed by atoms with Gasteiger partial charge in [0.25, 0.3) is 0 Å². The number of carbonyl (C=O) groups is 1. The highest BCUT2D eigenvalue weighted by Gasteiger charge is 2.24. The molecule has 0 spiro atoms. The maximum Gasteiger partial charge on any atom is 0.332 e. The molecule has 0 radical (unpaired) electrons. The Hall–Kier alpha value is -2.03. The number of aliphatic hydroxyl groups excluding tert-OH is 1. The third-order valence-electron chi connectivity index (χ3n) is 2.06. The fourth-order valence-corrected chi connectivity index (χ4v) is 1.86. The van der Waals surface area contributed by atoms with E-state index in [1.165, 1.54) is 6.08 Å². The van der Waals surface area contributed by atoms with E-state index < -0.39 is 12.0 Å². The highest BCUT2D eigenvalue weighted by atomic mass is 32.2. The largest absolute Gasteiger partial charge is 0.495 e. The molecule has 20 heavy (non-hydrogen) atoms. The first-order chi connectivity index (χ1) is 9.42. The molecule has 1 heterocycles. The molecule has 1 aliphatic heterocycles. The molecule has 0 saturated heterocycles. The first kappa shape index (κ1) is 16.0. The van der Waals surface area contributed by atoms with Crippen molar-refractivity contribution in [3.8, 4) is 0 Å². The van der Waals surface area contributed by atoms with E-state index in [1.807, 2.05) is 0 Å². The van der Waals surface area contributed by atoms with E-state index in [0.29, 0.717) is 5.04 Å². The lowest BCUT2D eigenvalue weighted by Gasteiger charge is -2.22. The number of aliphatic imine (C=N–C) groups is 1. The van der Waals surface area contributed by atoms with Crippen LogP contribution in [0.3, 0.4) is 0 Å². The molecule has 110 valence electrons. The van der Waals surface area contributed by atoms with Crippen LogP contribution in [0, 0.1) is 10.8 Å². The van der Waals surface area contributed by atoms with Gasteiger partial charge in [0, 0.05) is 6.08 Å². The lowest BCUT2D eigenvalue weighted by Crippen LogP contribution is -2.50. The van der Waals surface area contributed by atoms with Crippen LogP contribution in [0.25, 0.3) is 0 Å². The van der Waals surface area contributed by atoms with Crippen molar-refractivity contribution in [3.63, 3.8) is 0 Å². The van der Waals surface area contributed by atoms with E-state index in [9.17, 15) is 9.90 Å². The van der Waals surface area contributed by atoms with Crippen molar-refractivity contribution in [3.05, 3.63) is 12.0 Å². The summed E-state index contributed by atoms with van der Waals surface area (Å²) in [6, 6.07) is -0.818. The molecular formula is C11H17N5O3S. The predicted molar refractivity (Wildman–Crippen MR) is 78.4 cm³/mol. The first-order valence-corrected chi connectivity index (χ1v) is 6.70. The highest BCUT2D eigenvalue weighted by Crippen LogP contribution is 2.05. The quantitative estimate of drug-likeness (QED) is 0.293. The second kappa shape index (κ2) is 7.53. The van der Waals surface area contributed by atoms with Gasteiger partial charge in [-0.2, -0.15) is 0 Å². The second-order valence-electron chi connectivity index (χ2n) is 3.80. The van der Waals surface area contributed by atoms with Crippen molar-refractivity contribution < 1.29 is 14.6 Å². The van der Waals surface area contributed by atoms with Crippen LogP contribution < -0.4 is 10.6 Å². The van der Waals surface area contributed by atoms with Crippen LogP contribution in [-0.2, 0) is 9.53 Å². The van der Waals surface area contributed by atoms with Gasteiger partial charge in [0.05, 0.1) is 23.2 Å². The second-order valence-corrected chi connectivity index (χ2v) is 5.11. The van der Waals surface area contributed by atoms with E-state index in [1.54, 1.807) is 13.8 Å². The van der Waals surface area contributed by atoms with Crippen LogP contribution in [0.15, 0.2) is 17.0 Å². The minimum Gasteiger partial charge on any atom is -0.495 e. The van der Waals surface area contributed by atoms with Gasteiger partial charge in [0.2, 0.25) is 0 Å². The Kier molecular flexibility index (Phi) is 6.04. The minimum atomic E-state index is -0.818. The van der Waals surface area contributed by atoms with Crippen molar-refractivity contribution in [2.75, 3.05) is 13.2 Å². The van der Waals surface area contributed by atoms with Gasteiger partial charge < -0.3 is 15.2 Å². The Morgan fingerprint density at radius 3 is 2.90 bits per heavy atom. The van der Waals surface area contributed by atoms with Gasteiger partial charge in [0.15, 0.2) is 17.9 Å². The molecule has 0 aliphatic carbocycles. The average Bonchev–Trinajstić information content (AvgIpc) is 2.35. The Balaban J connectivity index is 2.64. The van der Waals surface area contributed by atoms with Crippen molar-refractivity contribution >= 4 is 33.8 Å². The number of nitrogens with zero attached hydrogens (tertiary/aromatic N) is 1. The zero-order chi connectivity index (χ0) is 15.1. The zero-order valence-electron chi connectivity index (χ0n) is 11.2. The topological polar surface area (TPSA) is 131 Å². The molecule has 0 aromatic heterocycles. The summed E-state index contributed by atoms with van der Waals surface area (Å²) in [4.78, 5) is 15.6. The smallest absolute Gasteiger partial charge is 0.332 e. The molecule has 1 unspecified atom stereocenters. The number of aliphatic hydroxyl groups is 1. The van der Waals surface area contributed by atoms with E-state index in [-0.39, 0.29) is 30.0 Å². The van der Waals surface area contributed by atoms with Gasteiger partial charge >= 0.3 is 5.97 Å². The molecule has 1 aliphatic rings. The monoisotopic (exact) mass is 299 g/mol. The third-order valence-corrected chi connectivity index (χ3v) is 2.74. The number of hydrogen-bond acceptors (Lipinski definition) is 7. The number of hydrogen-bond donors (Lipinski definition) is 5. The minimum absolute atomic E-state index is 0.0407. The summed E-state index contributed by atoms with van der Waals surface area (Å²) >= 11 is 0.994. The fraction of sp³-hybridized carbons (Fsp3) is 0.455. The lowest BCUT2D eigenvalue weighted by atomic mass is 10.2. The lowest BCUT2D eigenvalue weighted by molar-refractivity contribution is -0.144. The van der Waals surface area contributed by atoms with Crippen LogP contribution in [0.4, 0.5) is 0 Å². The van der Waals surface area contributed by atoms with E-state index in [2.05, 4.69) is 15.6 Å². The fourth-order valence-electron chi connectivity index (χ4n) is 1.36. The molecule has 9 heteroatoms. The van der Waals surface area contributed by atoms with Crippen molar-refractivity contribution in [2.24, 2.45) is 4.99 Å². The summed E-state index contributed by atoms with van der Waals surface area (Å²) in [5.74, 6) is -0.549. The Morgan fingerprint density at radius 2 is 2.30 bits per heavy atom. The molecule has 0 amide bonds. The number of ether oxygens (including phenoxy) is 1. The van der Waals surface area contributed by atoms with Crippen LogP contribution in [-0.4, -0.2) is 46.3 Å². The number of carbonyl (C=O) groups excluding carboxylic acids is 1. The van der Waals surface area contributed by atoms with Gasteiger partial charge in [-0.05, 0) is 13.8 Å². The molecule has 5 N–H and O–H groups in total. The maximum absolute atomic E-state index is 11.6. The van der Waals surface area contributed by atoms with Crippen LogP contribution in [0.1, 0.15) is 13.8 Å². The predicted octanol–water partition coefficient (Wildman–Crippen LogP) is 0.574.